The summed E-state index contributed by atoms with van der Waals surface area (Å²) in [6.07, 6.45) is 7.12. The molecule has 0 radical (unpaired) electrons. The monoisotopic (exact) mass is 406 g/mol. The van der Waals surface area contributed by atoms with E-state index < -0.39 is 0 Å². The van der Waals surface area contributed by atoms with Gasteiger partial charge in [-0.2, -0.15) is 0 Å². The van der Waals surface area contributed by atoms with Crippen molar-refractivity contribution in [2.75, 3.05) is 18.4 Å². The third-order valence-electron chi connectivity index (χ3n) is 5.22. The molecule has 1 N–H and O–H groups in total. The summed E-state index contributed by atoms with van der Waals surface area (Å²) in [6.45, 7) is 7.23. The second-order valence-corrected chi connectivity index (χ2v) is 7.93. The zero-order chi connectivity index (χ0) is 21.1. The largest absolute Gasteiger partial charge is 0.352 e. The van der Waals surface area contributed by atoms with Gasteiger partial charge in [0.05, 0.1) is 11.4 Å². The van der Waals surface area contributed by atoms with Gasteiger partial charge >= 0.3 is 0 Å². The minimum atomic E-state index is -0.105. The van der Waals surface area contributed by atoms with Crippen LogP contribution in [0.4, 0.5) is 5.95 Å². The van der Waals surface area contributed by atoms with E-state index in [0.29, 0.717) is 30.5 Å². The van der Waals surface area contributed by atoms with E-state index >= 15 is 0 Å². The third kappa shape index (κ3) is 4.32. The Labute approximate surface area is 175 Å². The maximum absolute atomic E-state index is 12.7. The van der Waals surface area contributed by atoms with E-state index in [1.807, 2.05) is 36.4 Å². The standard InChI is InChI=1S/C22H26N6O2/c1-14(2)25-22-24-13-18(17-5-4-8-23-12-17)20(26-22)16-6-9-28(10-7-16)21(29)19-11-15(3)27-30-19/h4-5,8,11-14,16H,6-7,9-10H2,1-3H3,(H,24,25,26). The number of carbonyl (C=O) groups is 1. The first kappa shape index (κ1) is 20.0. The summed E-state index contributed by atoms with van der Waals surface area (Å²) >= 11 is 0. The minimum Gasteiger partial charge on any atom is -0.352 e. The smallest absolute Gasteiger partial charge is 0.292 e. The Morgan fingerprint density at radius 2 is 2.07 bits per heavy atom. The molecule has 0 unspecified atom stereocenters. The Morgan fingerprint density at radius 1 is 1.27 bits per heavy atom. The van der Waals surface area contributed by atoms with Crippen LogP contribution >= 0.6 is 0 Å². The molecule has 30 heavy (non-hydrogen) atoms. The summed E-state index contributed by atoms with van der Waals surface area (Å²) < 4.78 is 5.14. The van der Waals surface area contributed by atoms with Crippen LogP contribution in [0.5, 0.6) is 0 Å². The van der Waals surface area contributed by atoms with Crippen LogP contribution in [-0.4, -0.2) is 50.0 Å². The summed E-state index contributed by atoms with van der Waals surface area (Å²) in [5, 5.41) is 7.11. The van der Waals surface area contributed by atoms with Crippen molar-refractivity contribution in [3.63, 3.8) is 0 Å². The number of piperidine rings is 1. The van der Waals surface area contributed by atoms with Crippen molar-refractivity contribution < 1.29 is 9.32 Å². The Hall–Kier alpha value is -3.29. The summed E-state index contributed by atoms with van der Waals surface area (Å²) in [4.78, 5) is 28.1. The second-order valence-electron chi connectivity index (χ2n) is 7.93. The molecule has 0 spiro atoms. The van der Waals surface area contributed by atoms with Crippen LogP contribution < -0.4 is 5.32 Å². The molecular formula is C22H26N6O2. The zero-order valence-corrected chi connectivity index (χ0v) is 17.5. The highest BCUT2D eigenvalue weighted by atomic mass is 16.5. The molecule has 0 aromatic carbocycles. The molecular weight excluding hydrogens is 380 g/mol. The lowest BCUT2D eigenvalue weighted by atomic mass is 9.89. The third-order valence-corrected chi connectivity index (χ3v) is 5.22. The molecule has 3 aromatic rings. The lowest BCUT2D eigenvalue weighted by Gasteiger charge is -2.32. The number of pyridine rings is 1. The minimum absolute atomic E-state index is 0.105. The van der Waals surface area contributed by atoms with Crippen molar-refractivity contribution in [1.29, 1.82) is 0 Å². The number of hydrogen-bond donors (Lipinski definition) is 1. The van der Waals surface area contributed by atoms with Crippen LogP contribution in [0.3, 0.4) is 0 Å². The zero-order valence-electron chi connectivity index (χ0n) is 17.5. The molecule has 4 rings (SSSR count). The van der Waals surface area contributed by atoms with Crippen molar-refractivity contribution in [2.45, 2.75) is 45.6 Å². The number of nitrogens with one attached hydrogen (secondary N) is 1. The molecule has 3 aromatic heterocycles. The fraction of sp³-hybridized carbons (Fsp3) is 0.409. The average molecular weight is 406 g/mol. The van der Waals surface area contributed by atoms with Gasteiger partial charge in [-0.15, -0.1) is 0 Å². The molecule has 1 aliphatic heterocycles. The number of anilines is 1. The first-order valence-electron chi connectivity index (χ1n) is 10.3. The lowest BCUT2D eigenvalue weighted by molar-refractivity contribution is 0.0670. The fourth-order valence-electron chi connectivity index (χ4n) is 3.75. The average Bonchev–Trinajstić information content (AvgIpc) is 3.20. The van der Waals surface area contributed by atoms with Crippen molar-refractivity contribution in [3.05, 3.63) is 53.9 Å². The summed E-state index contributed by atoms with van der Waals surface area (Å²) in [7, 11) is 0. The predicted octanol–water partition coefficient (Wildman–Crippen LogP) is 3.68. The first-order chi connectivity index (χ1) is 14.5. The highest BCUT2D eigenvalue weighted by Crippen LogP contribution is 2.34. The van der Waals surface area contributed by atoms with E-state index in [0.717, 1.165) is 29.7 Å². The van der Waals surface area contributed by atoms with Gasteiger partial charge in [0.15, 0.2) is 0 Å². The van der Waals surface area contributed by atoms with Gasteiger partial charge in [0.25, 0.3) is 5.91 Å². The van der Waals surface area contributed by atoms with Gasteiger partial charge in [-0.05, 0) is 39.7 Å². The molecule has 1 saturated heterocycles. The van der Waals surface area contributed by atoms with Crippen molar-refractivity contribution in [2.24, 2.45) is 0 Å². The SMILES string of the molecule is Cc1cc(C(=O)N2CCC(c3nc(NC(C)C)ncc3-c3cccnc3)CC2)on1. The lowest BCUT2D eigenvalue weighted by Crippen LogP contribution is -2.38. The number of aryl methyl sites for hydroxylation is 1. The molecule has 8 nitrogen and oxygen atoms in total. The van der Waals surface area contributed by atoms with Gasteiger partial charge in [0, 0.05) is 60.8 Å². The number of rotatable bonds is 5. The van der Waals surface area contributed by atoms with Crippen molar-refractivity contribution >= 4 is 11.9 Å². The summed E-state index contributed by atoms with van der Waals surface area (Å²) in [5.41, 5.74) is 3.71. The van der Waals surface area contributed by atoms with E-state index in [4.69, 9.17) is 9.51 Å². The normalized spacial score (nSPS) is 14.9. The van der Waals surface area contributed by atoms with Gasteiger partial charge in [-0.1, -0.05) is 11.2 Å². The first-order valence-corrected chi connectivity index (χ1v) is 10.3. The highest BCUT2D eigenvalue weighted by Gasteiger charge is 2.29. The molecule has 0 aliphatic carbocycles. The number of aromatic nitrogens is 4. The van der Waals surface area contributed by atoms with Crippen LogP contribution in [0.15, 0.2) is 41.3 Å². The maximum Gasteiger partial charge on any atom is 0.292 e. The van der Waals surface area contributed by atoms with Gasteiger partial charge in [-0.3, -0.25) is 9.78 Å². The van der Waals surface area contributed by atoms with Gasteiger partial charge < -0.3 is 14.7 Å². The molecule has 0 saturated carbocycles. The van der Waals surface area contributed by atoms with E-state index in [-0.39, 0.29) is 17.9 Å². The fourth-order valence-corrected chi connectivity index (χ4v) is 3.75. The van der Waals surface area contributed by atoms with Crippen LogP contribution in [0.2, 0.25) is 0 Å². The Kier molecular flexibility index (Phi) is 5.74. The van der Waals surface area contributed by atoms with Crippen LogP contribution in [-0.2, 0) is 0 Å². The van der Waals surface area contributed by atoms with Crippen molar-refractivity contribution in [1.82, 2.24) is 25.0 Å². The predicted molar refractivity (Wildman–Crippen MR) is 113 cm³/mol. The molecule has 4 heterocycles. The Bertz CT molecular complexity index is 1010. The molecule has 1 amide bonds. The second kappa shape index (κ2) is 8.61. The number of amides is 1. The Morgan fingerprint density at radius 3 is 2.70 bits per heavy atom. The molecule has 0 bridgehead atoms. The van der Waals surface area contributed by atoms with Crippen LogP contribution in [0.25, 0.3) is 11.1 Å². The van der Waals surface area contributed by atoms with Crippen molar-refractivity contribution in [3.8, 4) is 11.1 Å². The Balaban J connectivity index is 1.56. The molecule has 1 aliphatic rings. The van der Waals surface area contributed by atoms with Crippen LogP contribution in [0, 0.1) is 6.92 Å². The molecule has 156 valence electrons. The quantitative estimate of drug-likeness (QED) is 0.690. The number of nitrogens with zero attached hydrogens (tertiary/aromatic N) is 5. The molecule has 8 heteroatoms. The topological polar surface area (TPSA) is 97.0 Å². The molecule has 0 atom stereocenters. The van der Waals surface area contributed by atoms with E-state index in [1.165, 1.54) is 0 Å². The van der Waals surface area contributed by atoms with E-state index in [9.17, 15) is 4.79 Å². The highest BCUT2D eigenvalue weighted by molar-refractivity contribution is 5.91. The number of likely N-dealkylation sites (tertiary alicyclic amines) is 1. The van der Waals surface area contributed by atoms with E-state index in [1.54, 1.807) is 12.3 Å². The van der Waals surface area contributed by atoms with Gasteiger partial charge in [0.1, 0.15) is 0 Å². The number of hydrogen-bond acceptors (Lipinski definition) is 7. The van der Waals surface area contributed by atoms with Gasteiger partial charge in [0.2, 0.25) is 11.7 Å². The summed E-state index contributed by atoms with van der Waals surface area (Å²) in [6, 6.07) is 5.87. The molecule has 1 fully saturated rings. The maximum atomic E-state index is 12.7. The van der Waals surface area contributed by atoms with Crippen LogP contribution in [0.1, 0.15) is 54.5 Å². The van der Waals surface area contributed by atoms with E-state index in [2.05, 4.69) is 34.3 Å². The summed E-state index contributed by atoms with van der Waals surface area (Å²) in [5.74, 6) is 1.05. The van der Waals surface area contributed by atoms with Gasteiger partial charge in [-0.25, -0.2) is 9.97 Å². The number of carbonyl (C=O) groups excluding carboxylic acids is 1.